The molecule has 0 aliphatic rings. The van der Waals surface area contributed by atoms with Gasteiger partial charge in [-0.25, -0.2) is 4.79 Å². The highest BCUT2D eigenvalue weighted by Gasteiger charge is 2.36. The molecular weight excluding hydrogens is 243 g/mol. The first-order valence-electron chi connectivity index (χ1n) is 4.92. The highest BCUT2D eigenvalue weighted by Crippen LogP contribution is 2.53. The molecule has 0 spiro atoms. The van der Waals surface area contributed by atoms with Gasteiger partial charge in [0, 0.05) is 14.1 Å². The molecule has 0 aliphatic carbocycles. The van der Waals surface area contributed by atoms with Crippen LogP contribution in [0.15, 0.2) is 30.3 Å². The topological polar surface area (TPSA) is 89.9 Å². The van der Waals surface area contributed by atoms with Gasteiger partial charge in [0.1, 0.15) is 0 Å². The number of nitrogens with zero attached hydrogens (tertiary/aromatic N) is 1. The largest absolute Gasteiger partial charge is 0.352 e. The minimum absolute atomic E-state index is 0.395. The molecule has 1 atom stereocenters. The number of nitrogens with one attached hydrogen (secondary N) is 1. The van der Waals surface area contributed by atoms with E-state index < -0.39 is 19.4 Å². The van der Waals surface area contributed by atoms with Crippen LogP contribution in [0.3, 0.4) is 0 Å². The van der Waals surface area contributed by atoms with Crippen LogP contribution in [0, 0.1) is 0 Å². The number of hydrogen-bond acceptors (Lipinski definition) is 2. The zero-order valence-corrected chi connectivity index (χ0v) is 10.5. The third kappa shape index (κ3) is 3.30. The number of carbonyl (C=O) groups is 1. The quantitative estimate of drug-likeness (QED) is 0.709. The summed E-state index contributed by atoms with van der Waals surface area (Å²) in [6, 6.07) is 7.65. The number of urea groups is 1. The zero-order chi connectivity index (χ0) is 13.1. The molecule has 0 saturated carbocycles. The second kappa shape index (κ2) is 5.31. The van der Waals surface area contributed by atoms with E-state index in [0.717, 1.165) is 4.90 Å². The van der Waals surface area contributed by atoms with E-state index >= 15 is 0 Å². The number of carbonyl (C=O) groups excluding carboxylic acids is 1. The molecule has 1 rings (SSSR count). The van der Waals surface area contributed by atoms with Crippen molar-refractivity contribution in [3.05, 3.63) is 35.9 Å². The van der Waals surface area contributed by atoms with Crippen molar-refractivity contribution in [1.82, 2.24) is 10.2 Å². The third-order valence-corrected chi connectivity index (χ3v) is 3.60. The van der Waals surface area contributed by atoms with Crippen molar-refractivity contribution in [2.24, 2.45) is 0 Å². The molecule has 6 nitrogen and oxygen atoms in total. The Balaban J connectivity index is 3.15. The van der Waals surface area contributed by atoms with Crippen LogP contribution >= 0.6 is 7.60 Å². The molecule has 0 radical (unpaired) electrons. The van der Waals surface area contributed by atoms with Gasteiger partial charge < -0.3 is 20.0 Å². The van der Waals surface area contributed by atoms with Crippen molar-refractivity contribution < 1.29 is 19.1 Å². The Bertz CT molecular complexity index is 431. The first-order chi connectivity index (χ1) is 7.88. The van der Waals surface area contributed by atoms with E-state index in [1.165, 1.54) is 14.1 Å². The van der Waals surface area contributed by atoms with E-state index in [-0.39, 0.29) is 0 Å². The maximum Gasteiger partial charge on any atom is 0.352 e. The highest BCUT2D eigenvalue weighted by molar-refractivity contribution is 7.52. The first-order valence-corrected chi connectivity index (χ1v) is 6.60. The minimum atomic E-state index is -4.46. The van der Waals surface area contributed by atoms with Gasteiger partial charge in [0.25, 0.3) is 0 Å². The molecule has 3 N–H and O–H groups in total. The number of rotatable bonds is 3. The Kier molecular flexibility index (Phi) is 4.28. The van der Waals surface area contributed by atoms with Crippen LogP contribution in [0.4, 0.5) is 4.79 Å². The van der Waals surface area contributed by atoms with E-state index in [0.29, 0.717) is 5.56 Å². The van der Waals surface area contributed by atoms with Crippen molar-refractivity contribution in [2.75, 3.05) is 14.1 Å². The van der Waals surface area contributed by atoms with Crippen LogP contribution in [0.1, 0.15) is 11.3 Å². The molecule has 1 aromatic rings. The molecule has 17 heavy (non-hydrogen) atoms. The summed E-state index contributed by atoms with van der Waals surface area (Å²) in [5.41, 5.74) is 0.395. The standard InChI is InChI=1S/C10H15N2O4P/c1-11-10(13)12(2)9(17(14,15)16)8-6-4-3-5-7-8/h3-7,9H,1-2H3,(H,11,13)(H2,14,15,16). The predicted molar refractivity (Wildman–Crippen MR) is 63.4 cm³/mol. The summed E-state index contributed by atoms with van der Waals surface area (Å²) in [5, 5.41) is 2.33. The highest BCUT2D eigenvalue weighted by atomic mass is 31.2. The lowest BCUT2D eigenvalue weighted by atomic mass is 10.2. The lowest BCUT2D eigenvalue weighted by molar-refractivity contribution is 0.198. The average Bonchev–Trinajstić information content (AvgIpc) is 2.27. The van der Waals surface area contributed by atoms with Crippen LogP contribution < -0.4 is 5.32 Å². The van der Waals surface area contributed by atoms with Crippen LogP contribution in [0.5, 0.6) is 0 Å². The van der Waals surface area contributed by atoms with Gasteiger partial charge in [-0.2, -0.15) is 0 Å². The average molecular weight is 258 g/mol. The molecule has 0 fully saturated rings. The molecular formula is C10H15N2O4P. The van der Waals surface area contributed by atoms with E-state index in [9.17, 15) is 19.1 Å². The number of benzene rings is 1. The van der Waals surface area contributed by atoms with E-state index in [1.54, 1.807) is 30.3 Å². The summed E-state index contributed by atoms with van der Waals surface area (Å²) < 4.78 is 11.5. The van der Waals surface area contributed by atoms with Crippen molar-refractivity contribution in [3.8, 4) is 0 Å². The minimum Gasteiger partial charge on any atom is -0.341 e. The zero-order valence-electron chi connectivity index (χ0n) is 9.57. The number of hydrogen-bond donors (Lipinski definition) is 3. The van der Waals surface area contributed by atoms with Crippen LogP contribution in [-0.4, -0.2) is 34.8 Å². The maximum absolute atomic E-state index is 11.5. The molecule has 0 aliphatic heterocycles. The molecule has 0 heterocycles. The second-order valence-electron chi connectivity index (χ2n) is 3.54. The van der Waals surface area contributed by atoms with Crippen LogP contribution in [0.25, 0.3) is 0 Å². The fraction of sp³-hybridized carbons (Fsp3) is 0.300. The van der Waals surface area contributed by atoms with Crippen molar-refractivity contribution >= 4 is 13.6 Å². The van der Waals surface area contributed by atoms with Gasteiger partial charge in [-0.3, -0.25) is 4.57 Å². The molecule has 1 unspecified atom stereocenters. The Hall–Kier alpha value is -1.36. The van der Waals surface area contributed by atoms with Gasteiger partial charge in [0.15, 0.2) is 5.78 Å². The Morgan fingerprint density at radius 3 is 2.29 bits per heavy atom. The number of amides is 2. The van der Waals surface area contributed by atoms with Crippen LogP contribution in [0.2, 0.25) is 0 Å². The van der Waals surface area contributed by atoms with E-state index in [2.05, 4.69) is 5.32 Å². The molecule has 94 valence electrons. The lowest BCUT2D eigenvalue weighted by Crippen LogP contribution is -2.37. The van der Waals surface area contributed by atoms with Gasteiger partial charge in [0.2, 0.25) is 0 Å². The lowest BCUT2D eigenvalue weighted by Gasteiger charge is -2.28. The summed E-state index contributed by atoms with van der Waals surface area (Å²) in [7, 11) is -1.71. The molecule has 7 heteroatoms. The second-order valence-corrected chi connectivity index (χ2v) is 5.21. The van der Waals surface area contributed by atoms with E-state index in [4.69, 9.17) is 0 Å². The monoisotopic (exact) mass is 258 g/mol. The molecule has 0 saturated heterocycles. The normalized spacial score (nSPS) is 12.9. The van der Waals surface area contributed by atoms with Gasteiger partial charge in [-0.1, -0.05) is 30.3 Å². The summed E-state index contributed by atoms with van der Waals surface area (Å²) >= 11 is 0. The first kappa shape index (κ1) is 13.7. The van der Waals surface area contributed by atoms with Gasteiger partial charge in [-0.05, 0) is 5.56 Å². The van der Waals surface area contributed by atoms with Gasteiger partial charge >= 0.3 is 13.6 Å². The van der Waals surface area contributed by atoms with Gasteiger partial charge in [-0.15, -0.1) is 0 Å². The van der Waals surface area contributed by atoms with Crippen molar-refractivity contribution in [2.45, 2.75) is 5.78 Å². The van der Waals surface area contributed by atoms with Crippen molar-refractivity contribution in [3.63, 3.8) is 0 Å². The molecule has 0 aromatic heterocycles. The fourth-order valence-corrected chi connectivity index (χ4v) is 2.67. The summed E-state index contributed by atoms with van der Waals surface area (Å²) in [5.74, 6) is -1.27. The van der Waals surface area contributed by atoms with Crippen LogP contribution in [-0.2, 0) is 4.57 Å². The molecule has 2 amide bonds. The predicted octanol–water partition coefficient (Wildman–Crippen LogP) is 1.13. The molecule has 1 aromatic carbocycles. The van der Waals surface area contributed by atoms with Gasteiger partial charge in [0.05, 0.1) is 0 Å². The third-order valence-electron chi connectivity index (χ3n) is 2.32. The Morgan fingerprint density at radius 2 is 1.88 bits per heavy atom. The Morgan fingerprint density at radius 1 is 1.35 bits per heavy atom. The van der Waals surface area contributed by atoms with Crippen molar-refractivity contribution in [1.29, 1.82) is 0 Å². The summed E-state index contributed by atoms with van der Waals surface area (Å²) in [4.78, 5) is 31.1. The smallest absolute Gasteiger partial charge is 0.341 e. The van der Waals surface area contributed by atoms with E-state index in [1.807, 2.05) is 0 Å². The molecule has 0 bridgehead atoms. The summed E-state index contributed by atoms with van der Waals surface area (Å²) in [6.45, 7) is 0. The summed E-state index contributed by atoms with van der Waals surface area (Å²) in [6.07, 6.45) is 0. The fourth-order valence-electron chi connectivity index (χ4n) is 1.56. The SMILES string of the molecule is CNC(=O)N(C)C(c1ccccc1)P(=O)(O)O. The Labute approximate surface area is 99.4 Å². The maximum atomic E-state index is 11.5.